The Morgan fingerprint density at radius 1 is 1.39 bits per heavy atom. The zero-order valence-corrected chi connectivity index (χ0v) is 9.76. The number of aromatic nitrogens is 6. The van der Waals surface area contributed by atoms with Crippen molar-refractivity contribution in [3.8, 4) is 0 Å². The van der Waals surface area contributed by atoms with Crippen LogP contribution in [0.25, 0.3) is 0 Å². The second-order valence-electron chi connectivity index (χ2n) is 3.94. The number of carbonyl (C=O) groups is 1. The summed E-state index contributed by atoms with van der Waals surface area (Å²) in [5, 5.41) is 24.1. The third-order valence-electron chi connectivity index (χ3n) is 2.31. The number of aliphatic carboxylic acids is 1. The molecule has 0 saturated heterocycles. The van der Waals surface area contributed by atoms with Crippen LogP contribution in [0.1, 0.15) is 11.4 Å². The van der Waals surface area contributed by atoms with E-state index in [-0.39, 0.29) is 6.42 Å². The van der Waals surface area contributed by atoms with E-state index in [0.29, 0.717) is 12.2 Å². The Bertz CT molecular complexity index is 547. The van der Waals surface area contributed by atoms with Gasteiger partial charge >= 0.3 is 5.97 Å². The van der Waals surface area contributed by atoms with Crippen molar-refractivity contribution >= 4 is 5.97 Å². The largest absolute Gasteiger partial charge is 0.480 e. The van der Waals surface area contributed by atoms with Gasteiger partial charge in [0.05, 0.1) is 12.2 Å². The predicted molar refractivity (Wildman–Crippen MR) is 59.4 cm³/mol. The summed E-state index contributed by atoms with van der Waals surface area (Å²) in [6.07, 6.45) is 3.57. The van der Waals surface area contributed by atoms with Crippen molar-refractivity contribution in [2.45, 2.75) is 19.0 Å². The summed E-state index contributed by atoms with van der Waals surface area (Å²) in [5.41, 5.74) is 6.69. The van der Waals surface area contributed by atoms with Crippen LogP contribution in [-0.2, 0) is 24.8 Å². The Morgan fingerprint density at radius 3 is 2.72 bits per heavy atom. The molecule has 2 rings (SSSR count). The van der Waals surface area contributed by atoms with Crippen molar-refractivity contribution in [3.05, 3.63) is 23.8 Å². The van der Waals surface area contributed by atoms with Gasteiger partial charge in [-0.2, -0.15) is 0 Å². The molecule has 1 unspecified atom stereocenters. The number of nitrogens with zero attached hydrogens (tertiary/aromatic N) is 6. The number of rotatable bonds is 5. The molecule has 18 heavy (non-hydrogen) atoms. The Balaban J connectivity index is 2.00. The van der Waals surface area contributed by atoms with Crippen LogP contribution in [0.15, 0.2) is 12.4 Å². The van der Waals surface area contributed by atoms with Gasteiger partial charge in [0, 0.05) is 25.9 Å². The van der Waals surface area contributed by atoms with E-state index >= 15 is 0 Å². The van der Waals surface area contributed by atoms with E-state index in [0.717, 1.165) is 5.69 Å². The summed E-state index contributed by atoms with van der Waals surface area (Å²) in [7, 11) is 1.77. The molecule has 3 N–H and O–H groups in total. The van der Waals surface area contributed by atoms with Crippen molar-refractivity contribution in [2.75, 3.05) is 0 Å². The van der Waals surface area contributed by atoms with E-state index < -0.39 is 12.0 Å². The highest BCUT2D eigenvalue weighted by Crippen LogP contribution is 2.00. The molecule has 0 aromatic carbocycles. The molecular weight excluding hydrogens is 238 g/mol. The third kappa shape index (κ3) is 2.88. The predicted octanol–water partition coefficient (Wildman–Crippen LogP) is -1.59. The van der Waals surface area contributed by atoms with Crippen LogP contribution in [0.3, 0.4) is 0 Å². The molecule has 2 aromatic rings. The van der Waals surface area contributed by atoms with Crippen molar-refractivity contribution in [2.24, 2.45) is 12.8 Å². The summed E-state index contributed by atoms with van der Waals surface area (Å²) >= 11 is 0. The molecule has 2 aromatic heterocycles. The molecule has 0 saturated carbocycles. The number of hydrogen-bond acceptors (Lipinski definition) is 6. The SMILES string of the molecule is Cn1cc(Cn2cc(CC(N)C(=O)O)nn2)nn1. The van der Waals surface area contributed by atoms with Crippen molar-refractivity contribution in [1.29, 1.82) is 0 Å². The second kappa shape index (κ2) is 4.92. The van der Waals surface area contributed by atoms with Gasteiger partial charge in [-0.1, -0.05) is 10.4 Å². The average molecular weight is 251 g/mol. The third-order valence-corrected chi connectivity index (χ3v) is 2.31. The van der Waals surface area contributed by atoms with Crippen LogP contribution in [-0.4, -0.2) is 47.1 Å². The number of carboxylic acid groups (broad SMARTS) is 1. The van der Waals surface area contributed by atoms with E-state index in [9.17, 15) is 4.79 Å². The monoisotopic (exact) mass is 251 g/mol. The van der Waals surface area contributed by atoms with Gasteiger partial charge < -0.3 is 10.8 Å². The fourth-order valence-corrected chi connectivity index (χ4v) is 1.46. The topological polar surface area (TPSA) is 125 Å². The molecular formula is C9H13N7O2. The van der Waals surface area contributed by atoms with Gasteiger partial charge in [-0.15, -0.1) is 10.2 Å². The van der Waals surface area contributed by atoms with Crippen LogP contribution in [0.5, 0.6) is 0 Å². The number of hydrogen-bond donors (Lipinski definition) is 2. The Morgan fingerprint density at radius 2 is 2.11 bits per heavy atom. The molecule has 0 aliphatic heterocycles. The lowest BCUT2D eigenvalue weighted by Gasteiger charge is -2.01. The first-order valence-corrected chi connectivity index (χ1v) is 5.27. The molecule has 0 radical (unpaired) electrons. The Hall–Kier alpha value is -2.29. The first kappa shape index (κ1) is 12.2. The van der Waals surface area contributed by atoms with Gasteiger partial charge in [-0.25, -0.2) is 4.68 Å². The molecule has 0 fully saturated rings. The number of carboxylic acids is 1. The maximum Gasteiger partial charge on any atom is 0.320 e. The smallest absolute Gasteiger partial charge is 0.320 e. The fourth-order valence-electron chi connectivity index (χ4n) is 1.46. The van der Waals surface area contributed by atoms with Crippen LogP contribution in [0, 0.1) is 0 Å². The lowest BCUT2D eigenvalue weighted by Crippen LogP contribution is -2.32. The molecule has 9 nitrogen and oxygen atoms in total. The van der Waals surface area contributed by atoms with Crippen LogP contribution in [0.4, 0.5) is 0 Å². The highest BCUT2D eigenvalue weighted by molar-refractivity contribution is 5.73. The maximum atomic E-state index is 10.6. The minimum absolute atomic E-state index is 0.149. The standard InChI is InChI=1S/C9H13N7O2/c1-15-3-7(12-13-15)5-16-4-6(11-14-16)2-8(10)9(17)18/h3-4,8H,2,5,10H2,1H3,(H,17,18). The first-order chi connectivity index (χ1) is 8.54. The molecule has 0 spiro atoms. The van der Waals surface area contributed by atoms with Gasteiger partial charge in [-0.3, -0.25) is 9.48 Å². The zero-order valence-electron chi connectivity index (χ0n) is 9.76. The average Bonchev–Trinajstić information content (AvgIpc) is 2.89. The second-order valence-corrected chi connectivity index (χ2v) is 3.94. The van der Waals surface area contributed by atoms with E-state index in [2.05, 4.69) is 20.6 Å². The lowest BCUT2D eigenvalue weighted by molar-refractivity contribution is -0.138. The summed E-state index contributed by atoms with van der Waals surface area (Å²) in [5.74, 6) is -1.06. The molecule has 0 aliphatic rings. The molecule has 2 heterocycles. The first-order valence-electron chi connectivity index (χ1n) is 5.27. The van der Waals surface area contributed by atoms with Crippen molar-refractivity contribution in [1.82, 2.24) is 30.0 Å². The molecule has 1 atom stereocenters. The zero-order chi connectivity index (χ0) is 13.1. The molecule has 9 heteroatoms. The van der Waals surface area contributed by atoms with Gasteiger partial charge in [0.1, 0.15) is 11.7 Å². The van der Waals surface area contributed by atoms with E-state index in [4.69, 9.17) is 10.8 Å². The molecule has 0 aliphatic carbocycles. The molecule has 0 bridgehead atoms. The van der Waals surface area contributed by atoms with Crippen molar-refractivity contribution < 1.29 is 9.90 Å². The van der Waals surface area contributed by atoms with Gasteiger partial charge in [0.25, 0.3) is 0 Å². The van der Waals surface area contributed by atoms with Crippen LogP contribution in [0.2, 0.25) is 0 Å². The highest BCUT2D eigenvalue weighted by Gasteiger charge is 2.14. The Labute approximate surface area is 102 Å². The highest BCUT2D eigenvalue weighted by atomic mass is 16.4. The summed E-state index contributed by atoms with van der Waals surface area (Å²) in [6, 6.07) is -0.966. The van der Waals surface area contributed by atoms with Crippen LogP contribution >= 0.6 is 0 Å². The summed E-state index contributed by atoms with van der Waals surface area (Å²) < 4.78 is 3.15. The lowest BCUT2D eigenvalue weighted by atomic mass is 10.2. The van der Waals surface area contributed by atoms with E-state index in [1.54, 1.807) is 28.8 Å². The van der Waals surface area contributed by atoms with E-state index in [1.165, 1.54) is 0 Å². The number of aryl methyl sites for hydroxylation is 1. The minimum Gasteiger partial charge on any atom is -0.480 e. The summed E-state index contributed by atoms with van der Waals surface area (Å²) in [6.45, 7) is 0.434. The van der Waals surface area contributed by atoms with Gasteiger partial charge in [0.2, 0.25) is 0 Å². The minimum atomic E-state index is -1.06. The normalized spacial score (nSPS) is 12.6. The van der Waals surface area contributed by atoms with Crippen molar-refractivity contribution in [3.63, 3.8) is 0 Å². The molecule has 0 amide bonds. The van der Waals surface area contributed by atoms with Gasteiger partial charge in [-0.05, 0) is 0 Å². The fraction of sp³-hybridized carbons (Fsp3) is 0.444. The summed E-state index contributed by atoms with van der Waals surface area (Å²) in [4.78, 5) is 10.6. The van der Waals surface area contributed by atoms with Crippen LogP contribution < -0.4 is 5.73 Å². The number of nitrogens with two attached hydrogens (primary N) is 1. The Kier molecular flexibility index (Phi) is 3.33. The quantitative estimate of drug-likeness (QED) is 0.656. The van der Waals surface area contributed by atoms with E-state index in [1.807, 2.05) is 0 Å². The maximum absolute atomic E-state index is 10.6. The van der Waals surface area contributed by atoms with Gasteiger partial charge in [0.15, 0.2) is 0 Å². The molecule has 96 valence electrons.